The summed E-state index contributed by atoms with van der Waals surface area (Å²) in [5.41, 5.74) is 2.31. The van der Waals surface area contributed by atoms with Crippen LogP contribution in [-0.4, -0.2) is 70.0 Å². The molecule has 38 heavy (non-hydrogen) atoms. The molecule has 9 heteroatoms. The summed E-state index contributed by atoms with van der Waals surface area (Å²) in [6, 6.07) is 15.4. The maximum absolute atomic E-state index is 12.9. The number of ether oxygens (including phenoxy) is 1. The van der Waals surface area contributed by atoms with Crippen molar-refractivity contribution in [2.45, 2.75) is 56.1 Å². The molecule has 7 nitrogen and oxygen atoms in total. The first-order valence-electron chi connectivity index (χ1n) is 13.5. The molecule has 1 saturated carbocycles. The summed E-state index contributed by atoms with van der Waals surface area (Å²) in [5, 5.41) is 3.79. The molecule has 1 amide bonds. The largest absolute Gasteiger partial charge is 0.367 e. The van der Waals surface area contributed by atoms with Crippen LogP contribution in [-0.2, 0) is 19.6 Å². The fraction of sp³-hybridized carbons (Fsp3) is 0.552. The van der Waals surface area contributed by atoms with E-state index in [4.69, 9.17) is 16.3 Å². The van der Waals surface area contributed by atoms with Crippen molar-refractivity contribution in [1.29, 1.82) is 0 Å². The normalized spacial score (nSPS) is 23.4. The summed E-state index contributed by atoms with van der Waals surface area (Å²) in [4.78, 5) is 15.1. The molecule has 2 aliphatic rings. The van der Waals surface area contributed by atoms with E-state index < -0.39 is 10.0 Å². The second kappa shape index (κ2) is 12.9. The summed E-state index contributed by atoms with van der Waals surface area (Å²) in [6.45, 7) is 3.21. The zero-order valence-electron chi connectivity index (χ0n) is 22.6. The molecule has 1 N–H and O–H groups in total. The number of hydrogen-bond donors (Lipinski definition) is 1. The molecular formula is C29H40ClN3O4S. The monoisotopic (exact) mass is 561 g/mol. The van der Waals surface area contributed by atoms with Gasteiger partial charge in [0.05, 0.1) is 11.0 Å². The number of amides is 1. The number of nitrogens with zero attached hydrogens (tertiary/aromatic N) is 2. The first-order valence-corrected chi connectivity index (χ1v) is 15.3. The fourth-order valence-corrected chi connectivity index (χ4v) is 7.39. The molecule has 0 bridgehead atoms. The summed E-state index contributed by atoms with van der Waals surface area (Å²) >= 11 is 6.09. The van der Waals surface area contributed by atoms with E-state index >= 15 is 0 Å². The zero-order chi connectivity index (χ0) is 27.3. The first-order chi connectivity index (χ1) is 18.1. The molecule has 1 heterocycles. The van der Waals surface area contributed by atoms with E-state index in [0.29, 0.717) is 42.3 Å². The Morgan fingerprint density at radius 3 is 2.34 bits per heavy atom. The van der Waals surface area contributed by atoms with Crippen molar-refractivity contribution in [2.24, 2.45) is 11.8 Å². The van der Waals surface area contributed by atoms with Gasteiger partial charge < -0.3 is 15.0 Å². The predicted octanol–water partition coefficient (Wildman–Crippen LogP) is 4.65. The zero-order valence-corrected chi connectivity index (χ0v) is 24.2. The van der Waals surface area contributed by atoms with Gasteiger partial charge in [-0.25, -0.2) is 8.42 Å². The Bertz CT molecular complexity index is 1160. The second-order valence-electron chi connectivity index (χ2n) is 10.9. The van der Waals surface area contributed by atoms with Crippen molar-refractivity contribution in [3.05, 3.63) is 64.7 Å². The lowest BCUT2D eigenvalue weighted by atomic mass is 9.76. The van der Waals surface area contributed by atoms with Crippen LogP contribution in [0.4, 0.5) is 0 Å². The number of carbonyl (C=O) groups is 1. The van der Waals surface area contributed by atoms with Crippen LogP contribution in [0.3, 0.4) is 0 Å². The van der Waals surface area contributed by atoms with E-state index in [0.717, 1.165) is 36.3 Å². The van der Waals surface area contributed by atoms with Gasteiger partial charge in [-0.3, -0.25) is 4.79 Å². The molecule has 208 valence electrons. The third-order valence-electron chi connectivity index (χ3n) is 7.91. The van der Waals surface area contributed by atoms with Crippen molar-refractivity contribution < 1.29 is 17.9 Å². The Labute approximate surface area is 232 Å². The highest BCUT2D eigenvalue weighted by atomic mass is 35.5. The maximum atomic E-state index is 12.9. The van der Waals surface area contributed by atoms with Crippen molar-refractivity contribution in [3.63, 3.8) is 0 Å². The molecule has 1 aliphatic carbocycles. The Hall–Kier alpha value is -1.97. The van der Waals surface area contributed by atoms with Crippen LogP contribution in [0.5, 0.6) is 0 Å². The van der Waals surface area contributed by atoms with E-state index in [-0.39, 0.29) is 25.2 Å². The number of carbonyl (C=O) groups excluding carboxylic acids is 1. The molecule has 0 spiro atoms. The molecule has 1 aliphatic heterocycles. The van der Waals surface area contributed by atoms with Gasteiger partial charge in [0, 0.05) is 30.7 Å². The minimum absolute atomic E-state index is 0.0439. The van der Waals surface area contributed by atoms with Crippen LogP contribution < -0.4 is 5.32 Å². The van der Waals surface area contributed by atoms with Gasteiger partial charge in [-0.2, -0.15) is 4.31 Å². The third kappa shape index (κ3) is 7.36. The number of halogens is 1. The molecule has 1 saturated heterocycles. The Morgan fingerprint density at radius 1 is 1.05 bits per heavy atom. The van der Waals surface area contributed by atoms with Crippen molar-refractivity contribution in [3.8, 4) is 0 Å². The minimum Gasteiger partial charge on any atom is -0.367 e. The van der Waals surface area contributed by atoms with E-state index in [1.54, 1.807) is 24.3 Å². The highest BCUT2D eigenvalue weighted by Crippen LogP contribution is 2.39. The molecule has 0 radical (unpaired) electrons. The molecular weight excluding hydrogens is 522 g/mol. The minimum atomic E-state index is -3.54. The average molecular weight is 562 g/mol. The Morgan fingerprint density at radius 2 is 1.71 bits per heavy atom. The lowest BCUT2D eigenvalue weighted by molar-refractivity contribution is -0.127. The topological polar surface area (TPSA) is 78.9 Å². The molecule has 2 aromatic carbocycles. The van der Waals surface area contributed by atoms with Crippen LogP contribution in [0.1, 0.15) is 49.3 Å². The van der Waals surface area contributed by atoms with Crippen LogP contribution in [0, 0.1) is 18.8 Å². The van der Waals surface area contributed by atoms with E-state index in [1.165, 1.54) is 9.87 Å². The van der Waals surface area contributed by atoms with Crippen molar-refractivity contribution in [1.82, 2.24) is 14.5 Å². The Kier molecular flexibility index (Phi) is 9.87. The van der Waals surface area contributed by atoms with Gasteiger partial charge in [0.25, 0.3) is 0 Å². The molecule has 2 atom stereocenters. The molecule has 2 fully saturated rings. The summed E-state index contributed by atoms with van der Waals surface area (Å²) < 4.78 is 33.0. The third-order valence-corrected chi connectivity index (χ3v) is 10.0. The fourth-order valence-electron chi connectivity index (χ4n) is 5.77. The quantitative estimate of drug-likeness (QED) is 0.457. The van der Waals surface area contributed by atoms with E-state index in [9.17, 15) is 13.2 Å². The number of hydrogen-bond acceptors (Lipinski definition) is 5. The number of aryl methyl sites for hydroxylation is 1. The average Bonchev–Trinajstić information content (AvgIpc) is 3.38. The van der Waals surface area contributed by atoms with Crippen LogP contribution in [0.15, 0.2) is 53.4 Å². The van der Waals surface area contributed by atoms with Crippen LogP contribution >= 0.6 is 11.6 Å². The van der Waals surface area contributed by atoms with Crippen LogP contribution in [0.25, 0.3) is 0 Å². The number of sulfonamides is 1. The van der Waals surface area contributed by atoms with E-state index in [1.807, 2.05) is 19.1 Å². The summed E-state index contributed by atoms with van der Waals surface area (Å²) in [6.07, 6.45) is 4.72. The maximum Gasteiger partial charge on any atom is 0.246 e. The lowest BCUT2D eigenvalue weighted by Gasteiger charge is -2.37. The van der Waals surface area contributed by atoms with Crippen LogP contribution in [0.2, 0.25) is 5.02 Å². The Balaban J connectivity index is 1.17. The van der Waals surface area contributed by atoms with Gasteiger partial charge in [0.2, 0.25) is 15.9 Å². The predicted molar refractivity (Wildman–Crippen MR) is 151 cm³/mol. The molecule has 4 rings (SSSR count). The molecule has 2 unspecified atom stereocenters. The number of rotatable bonds is 10. The SMILES string of the molecule is Cc1ccc(S(=O)(=O)N2CCC(OCC(=O)NCC3CCC(C(c4ccc(Cl)cc4)N(C)C)CC3)C2)cc1. The number of nitrogens with one attached hydrogen (secondary N) is 1. The summed E-state index contributed by atoms with van der Waals surface area (Å²) in [5.74, 6) is 0.895. The van der Waals surface area contributed by atoms with Gasteiger partial charge in [0.15, 0.2) is 0 Å². The first kappa shape index (κ1) is 29.0. The standard InChI is InChI=1S/C29H40ClN3O4S/c1-21-4-14-27(15-5-21)38(35,36)33-17-16-26(19-33)37-20-28(34)31-18-22-6-8-23(9-7-22)29(32(2)3)24-10-12-25(30)13-11-24/h4-5,10-15,22-23,26,29H,6-9,16-20H2,1-3H3,(H,31,34). The van der Waals surface area contributed by atoms with Gasteiger partial charge in [-0.1, -0.05) is 41.4 Å². The highest BCUT2D eigenvalue weighted by molar-refractivity contribution is 7.89. The van der Waals surface area contributed by atoms with Gasteiger partial charge in [-0.05, 0) is 94.8 Å². The van der Waals surface area contributed by atoms with Crippen molar-refractivity contribution in [2.75, 3.05) is 40.3 Å². The molecule has 0 aromatic heterocycles. The highest BCUT2D eigenvalue weighted by Gasteiger charge is 2.34. The van der Waals surface area contributed by atoms with Crippen molar-refractivity contribution >= 4 is 27.5 Å². The smallest absolute Gasteiger partial charge is 0.246 e. The van der Waals surface area contributed by atoms with Gasteiger partial charge >= 0.3 is 0 Å². The second-order valence-corrected chi connectivity index (χ2v) is 13.3. The summed E-state index contributed by atoms with van der Waals surface area (Å²) in [7, 11) is 0.720. The van der Waals surface area contributed by atoms with E-state index in [2.05, 4.69) is 36.4 Å². The van der Waals surface area contributed by atoms with Gasteiger partial charge in [0.1, 0.15) is 6.61 Å². The lowest BCUT2D eigenvalue weighted by Crippen LogP contribution is -2.37. The number of benzene rings is 2. The molecule has 2 aromatic rings. The van der Waals surface area contributed by atoms with Gasteiger partial charge in [-0.15, -0.1) is 0 Å².